The van der Waals surface area contributed by atoms with Crippen LogP contribution in [0.25, 0.3) is 11.3 Å². The lowest BCUT2D eigenvalue weighted by Crippen LogP contribution is -2.02. The molecule has 0 saturated carbocycles. The first kappa shape index (κ1) is 13.5. The normalized spacial score (nSPS) is 11.0. The zero-order valence-corrected chi connectivity index (χ0v) is 12.0. The van der Waals surface area contributed by atoms with E-state index in [1.165, 1.54) is 0 Å². The molecule has 0 saturated heterocycles. The first-order chi connectivity index (χ1) is 9.04. The second-order valence-corrected chi connectivity index (χ2v) is 4.88. The van der Waals surface area contributed by atoms with Crippen molar-refractivity contribution < 1.29 is 4.74 Å². The molecule has 0 amide bonds. The van der Waals surface area contributed by atoms with Crippen molar-refractivity contribution in [2.75, 3.05) is 12.3 Å². The van der Waals surface area contributed by atoms with E-state index in [-0.39, 0.29) is 0 Å². The van der Waals surface area contributed by atoms with Crippen LogP contribution in [0.1, 0.15) is 32.5 Å². The quantitative estimate of drug-likeness (QED) is 0.917. The highest BCUT2D eigenvalue weighted by molar-refractivity contribution is 5.72. The smallest absolute Gasteiger partial charge is 0.131 e. The molecule has 102 valence electrons. The van der Waals surface area contributed by atoms with Crippen molar-refractivity contribution in [2.45, 2.75) is 26.7 Å². The fraction of sp³-hybridized carbons (Fsp3) is 0.400. The van der Waals surface area contributed by atoms with Gasteiger partial charge >= 0.3 is 0 Å². The van der Waals surface area contributed by atoms with Gasteiger partial charge in [-0.3, -0.25) is 0 Å². The van der Waals surface area contributed by atoms with Crippen molar-refractivity contribution in [3.05, 3.63) is 30.1 Å². The van der Waals surface area contributed by atoms with Gasteiger partial charge in [0.15, 0.2) is 0 Å². The fourth-order valence-electron chi connectivity index (χ4n) is 2.16. The number of hydrogen-bond donors (Lipinski definition) is 1. The Morgan fingerprint density at radius 2 is 2.11 bits per heavy atom. The molecular formula is C15H21N3O. The summed E-state index contributed by atoms with van der Waals surface area (Å²) in [6.07, 6.45) is 0. The highest BCUT2D eigenvalue weighted by Gasteiger charge is 2.16. The van der Waals surface area contributed by atoms with E-state index in [0.717, 1.165) is 22.8 Å². The van der Waals surface area contributed by atoms with E-state index >= 15 is 0 Å². The minimum Gasteiger partial charge on any atom is -0.494 e. The number of benzene rings is 1. The predicted octanol–water partition coefficient (Wildman–Crippen LogP) is 3.19. The number of imidazole rings is 1. The number of aromatic nitrogens is 2. The molecule has 2 aromatic rings. The topological polar surface area (TPSA) is 53.1 Å². The summed E-state index contributed by atoms with van der Waals surface area (Å²) in [7, 11) is 1.95. The number of nitrogen functional groups attached to an aromatic ring is 1. The summed E-state index contributed by atoms with van der Waals surface area (Å²) in [4.78, 5) is 4.66. The third-order valence-electron chi connectivity index (χ3n) is 3.11. The third-order valence-corrected chi connectivity index (χ3v) is 3.11. The van der Waals surface area contributed by atoms with Gasteiger partial charge in [-0.15, -0.1) is 0 Å². The lowest BCUT2D eigenvalue weighted by atomic mass is 10.1. The Bertz CT molecular complexity index is 573. The van der Waals surface area contributed by atoms with E-state index in [1.807, 2.05) is 42.8 Å². The summed E-state index contributed by atoms with van der Waals surface area (Å²) in [5.74, 6) is 2.87. The third kappa shape index (κ3) is 2.57. The zero-order valence-electron chi connectivity index (χ0n) is 12.0. The van der Waals surface area contributed by atoms with Gasteiger partial charge in [-0.1, -0.05) is 26.0 Å². The second-order valence-electron chi connectivity index (χ2n) is 4.88. The Kier molecular flexibility index (Phi) is 3.79. The Morgan fingerprint density at radius 3 is 2.68 bits per heavy atom. The Hall–Kier alpha value is -1.97. The van der Waals surface area contributed by atoms with Gasteiger partial charge < -0.3 is 15.0 Å². The van der Waals surface area contributed by atoms with Crippen LogP contribution in [0.3, 0.4) is 0 Å². The van der Waals surface area contributed by atoms with Gasteiger partial charge in [-0.05, 0) is 19.1 Å². The molecule has 4 nitrogen and oxygen atoms in total. The molecule has 1 aromatic carbocycles. The Labute approximate surface area is 114 Å². The molecule has 0 radical (unpaired) electrons. The van der Waals surface area contributed by atoms with E-state index < -0.39 is 0 Å². The molecule has 0 atom stereocenters. The summed E-state index contributed by atoms with van der Waals surface area (Å²) in [5, 5.41) is 0. The van der Waals surface area contributed by atoms with Crippen molar-refractivity contribution in [3.8, 4) is 17.0 Å². The predicted molar refractivity (Wildman–Crippen MR) is 78.3 cm³/mol. The van der Waals surface area contributed by atoms with Crippen LogP contribution in [-0.4, -0.2) is 16.2 Å². The number of hydrogen-bond acceptors (Lipinski definition) is 3. The first-order valence-electron chi connectivity index (χ1n) is 6.59. The Morgan fingerprint density at radius 1 is 1.37 bits per heavy atom. The van der Waals surface area contributed by atoms with Crippen molar-refractivity contribution in [3.63, 3.8) is 0 Å². The van der Waals surface area contributed by atoms with Gasteiger partial charge in [0.2, 0.25) is 0 Å². The maximum Gasteiger partial charge on any atom is 0.131 e. The van der Waals surface area contributed by atoms with Crippen LogP contribution in [0.5, 0.6) is 5.75 Å². The van der Waals surface area contributed by atoms with Crippen LogP contribution in [-0.2, 0) is 7.05 Å². The summed E-state index contributed by atoms with van der Waals surface area (Å²) in [6.45, 7) is 6.85. The molecule has 19 heavy (non-hydrogen) atoms. The fourth-order valence-corrected chi connectivity index (χ4v) is 2.16. The molecule has 2 N–H and O–H groups in total. The van der Waals surface area contributed by atoms with E-state index in [9.17, 15) is 0 Å². The van der Waals surface area contributed by atoms with Gasteiger partial charge in [0, 0.05) is 18.5 Å². The standard InChI is InChI=1S/C15H21N3O/c1-5-19-12-8-6-7-11(9-12)13-14(16)18(4)15(17-13)10(2)3/h6-10H,5,16H2,1-4H3. The van der Waals surface area contributed by atoms with Crippen LogP contribution in [0.4, 0.5) is 5.82 Å². The highest BCUT2D eigenvalue weighted by Crippen LogP contribution is 2.30. The molecule has 4 heteroatoms. The summed E-state index contributed by atoms with van der Waals surface area (Å²) >= 11 is 0. The van der Waals surface area contributed by atoms with Crippen LogP contribution in [0.15, 0.2) is 24.3 Å². The molecule has 0 aliphatic rings. The number of rotatable bonds is 4. The first-order valence-corrected chi connectivity index (χ1v) is 6.59. The number of ether oxygens (including phenoxy) is 1. The summed E-state index contributed by atoms with van der Waals surface area (Å²) in [6, 6.07) is 7.89. The van der Waals surface area contributed by atoms with Gasteiger partial charge in [-0.25, -0.2) is 4.98 Å². The van der Waals surface area contributed by atoms with Crippen LogP contribution in [0, 0.1) is 0 Å². The van der Waals surface area contributed by atoms with Gasteiger partial charge in [0.25, 0.3) is 0 Å². The molecule has 1 heterocycles. The molecule has 1 aromatic heterocycles. The number of anilines is 1. The molecule has 0 aliphatic heterocycles. The van der Waals surface area contributed by atoms with E-state index in [2.05, 4.69) is 18.8 Å². The van der Waals surface area contributed by atoms with Crippen molar-refractivity contribution in [1.82, 2.24) is 9.55 Å². The monoisotopic (exact) mass is 259 g/mol. The van der Waals surface area contributed by atoms with Crippen molar-refractivity contribution >= 4 is 5.82 Å². The molecule has 0 aliphatic carbocycles. The molecular weight excluding hydrogens is 238 g/mol. The number of nitrogens with two attached hydrogens (primary N) is 1. The minimum absolute atomic E-state index is 0.344. The van der Waals surface area contributed by atoms with E-state index in [4.69, 9.17) is 10.5 Å². The molecule has 0 bridgehead atoms. The van der Waals surface area contributed by atoms with Gasteiger partial charge in [0.05, 0.1) is 6.61 Å². The largest absolute Gasteiger partial charge is 0.494 e. The second kappa shape index (κ2) is 5.34. The summed E-state index contributed by atoms with van der Waals surface area (Å²) < 4.78 is 7.47. The SMILES string of the molecule is CCOc1cccc(-c2nc(C(C)C)n(C)c2N)c1. The maximum absolute atomic E-state index is 6.16. The van der Waals surface area contributed by atoms with E-state index in [0.29, 0.717) is 18.3 Å². The molecule has 0 fully saturated rings. The van der Waals surface area contributed by atoms with Gasteiger partial charge in [0.1, 0.15) is 23.1 Å². The van der Waals surface area contributed by atoms with Crippen LogP contribution < -0.4 is 10.5 Å². The minimum atomic E-state index is 0.344. The average Bonchev–Trinajstić information content (AvgIpc) is 2.67. The summed E-state index contributed by atoms with van der Waals surface area (Å²) in [5.41, 5.74) is 7.98. The van der Waals surface area contributed by atoms with Crippen molar-refractivity contribution in [2.24, 2.45) is 7.05 Å². The zero-order chi connectivity index (χ0) is 14.0. The average molecular weight is 259 g/mol. The highest BCUT2D eigenvalue weighted by atomic mass is 16.5. The van der Waals surface area contributed by atoms with Crippen LogP contribution >= 0.6 is 0 Å². The van der Waals surface area contributed by atoms with Gasteiger partial charge in [-0.2, -0.15) is 0 Å². The van der Waals surface area contributed by atoms with Crippen molar-refractivity contribution in [1.29, 1.82) is 0 Å². The van der Waals surface area contributed by atoms with E-state index in [1.54, 1.807) is 0 Å². The molecule has 0 spiro atoms. The number of nitrogens with zero attached hydrogens (tertiary/aromatic N) is 2. The lowest BCUT2D eigenvalue weighted by molar-refractivity contribution is 0.340. The molecule has 2 rings (SSSR count). The molecule has 0 unspecified atom stereocenters. The maximum atomic E-state index is 6.16. The van der Waals surface area contributed by atoms with Crippen LogP contribution in [0.2, 0.25) is 0 Å². The Balaban J connectivity index is 2.47. The lowest BCUT2D eigenvalue weighted by Gasteiger charge is -2.05.